The SMILES string of the molecule is COc1ccc(Cl)c(Nc2ccc(Br)cc2C(N)=S)c1. The summed E-state index contributed by atoms with van der Waals surface area (Å²) in [7, 11) is 1.60. The lowest BCUT2D eigenvalue weighted by Crippen LogP contribution is -2.12. The number of benzene rings is 2. The van der Waals surface area contributed by atoms with Crippen LogP contribution in [-0.2, 0) is 0 Å². The number of rotatable bonds is 4. The molecule has 2 rings (SSSR count). The molecular formula is C14H12BrClN2OS. The van der Waals surface area contributed by atoms with Crippen LogP contribution in [0.2, 0.25) is 5.02 Å². The third-order valence-electron chi connectivity index (χ3n) is 2.69. The fraction of sp³-hybridized carbons (Fsp3) is 0.0714. The van der Waals surface area contributed by atoms with Gasteiger partial charge < -0.3 is 15.8 Å². The number of halogens is 2. The Morgan fingerprint density at radius 1 is 1.25 bits per heavy atom. The van der Waals surface area contributed by atoms with Crippen LogP contribution in [0.15, 0.2) is 40.9 Å². The summed E-state index contributed by atoms with van der Waals surface area (Å²) in [5.41, 5.74) is 8.00. The Labute approximate surface area is 136 Å². The van der Waals surface area contributed by atoms with Crippen molar-refractivity contribution >= 4 is 56.1 Å². The van der Waals surface area contributed by atoms with Crippen molar-refractivity contribution in [1.29, 1.82) is 0 Å². The molecule has 0 bridgehead atoms. The number of nitrogens with two attached hydrogens (primary N) is 1. The highest BCUT2D eigenvalue weighted by Gasteiger charge is 2.09. The molecule has 0 aliphatic rings. The normalized spacial score (nSPS) is 10.2. The fourth-order valence-electron chi connectivity index (χ4n) is 1.70. The van der Waals surface area contributed by atoms with Crippen molar-refractivity contribution in [3.8, 4) is 5.75 Å². The van der Waals surface area contributed by atoms with Gasteiger partial charge in [-0.05, 0) is 30.3 Å². The molecule has 0 spiro atoms. The van der Waals surface area contributed by atoms with Gasteiger partial charge in [0, 0.05) is 21.8 Å². The highest BCUT2D eigenvalue weighted by Crippen LogP contribution is 2.31. The van der Waals surface area contributed by atoms with Gasteiger partial charge in [-0.2, -0.15) is 0 Å². The van der Waals surface area contributed by atoms with E-state index in [1.165, 1.54) is 0 Å². The molecular weight excluding hydrogens is 360 g/mol. The third kappa shape index (κ3) is 3.42. The second kappa shape index (κ2) is 6.43. The van der Waals surface area contributed by atoms with Crippen LogP contribution in [0, 0.1) is 0 Å². The van der Waals surface area contributed by atoms with E-state index in [-0.39, 0.29) is 0 Å². The van der Waals surface area contributed by atoms with Crippen LogP contribution in [0.25, 0.3) is 0 Å². The molecule has 2 aromatic rings. The van der Waals surface area contributed by atoms with E-state index in [9.17, 15) is 0 Å². The minimum absolute atomic E-state index is 0.313. The third-order valence-corrected chi connectivity index (χ3v) is 3.73. The van der Waals surface area contributed by atoms with E-state index in [1.807, 2.05) is 24.3 Å². The largest absolute Gasteiger partial charge is 0.497 e. The molecule has 0 amide bonds. The molecule has 104 valence electrons. The van der Waals surface area contributed by atoms with Crippen molar-refractivity contribution in [2.24, 2.45) is 5.73 Å². The molecule has 20 heavy (non-hydrogen) atoms. The quantitative estimate of drug-likeness (QED) is 0.777. The van der Waals surface area contributed by atoms with Gasteiger partial charge in [-0.15, -0.1) is 0 Å². The first-order chi connectivity index (χ1) is 9.51. The molecule has 3 N–H and O–H groups in total. The predicted octanol–water partition coefficient (Wildman–Crippen LogP) is 4.49. The maximum absolute atomic E-state index is 6.17. The van der Waals surface area contributed by atoms with E-state index >= 15 is 0 Å². The second-order valence-corrected chi connectivity index (χ2v) is 5.79. The molecule has 0 atom stereocenters. The van der Waals surface area contributed by atoms with Gasteiger partial charge in [0.05, 0.1) is 17.8 Å². The lowest BCUT2D eigenvalue weighted by atomic mass is 10.1. The van der Waals surface area contributed by atoms with Gasteiger partial charge in [-0.25, -0.2) is 0 Å². The fourth-order valence-corrected chi connectivity index (χ4v) is 2.40. The summed E-state index contributed by atoms with van der Waals surface area (Å²) in [5, 5.41) is 3.81. The summed E-state index contributed by atoms with van der Waals surface area (Å²) in [6.45, 7) is 0. The highest BCUT2D eigenvalue weighted by atomic mass is 79.9. The number of hydrogen-bond donors (Lipinski definition) is 2. The van der Waals surface area contributed by atoms with Crippen molar-refractivity contribution in [3.63, 3.8) is 0 Å². The molecule has 0 aromatic heterocycles. The highest BCUT2D eigenvalue weighted by molar-refractivity contribution is 9.10. The van der Waals surface area contributed by atoms with Crippen molar-refractivity contribution < 1.29 is 4.74 Å². The number of thiocarbonyl (C=S) groups is 1. The Balaban J connectivity index is 2.42. The summed E-state index contributed by atoms with van der Waals surface area (Å²) < 4.78 is 6.09. The number of ether oxygens (including phenoxy) is 1. The van der Waals surface area contributed by atoms with E-state index in [0.717, 1.165) is 21.4 Å². The van der Waals surface area contributed by atoms with Gasteiger partial charge in [-0.1, -0.05) is 39.7 Å². The summed E-state index contributed by atoms with van der Waals surface area (Å²) in [6, 6.07) is 11.0. The number of nitrogens with one attached hydrogen (secondary N) is 1. The number of methoxy groups -OCH3 is 1. The molecule has 2 aromatic carbocycles. The molecule has 6 heteroatoms. The molecule has 0 aliphatic heterocycles. The van der Waals surface area contributed by atoms with Crippen LogP contribution in [0.1, 0.15) is 5.56 Å². The molecule has 0 radical (unpaired) electrons. The number of anilines is 2. The first-order valence-electron chi connectivity index (χ1n) is 5.71. The van der Waals surface area contributed by atoms with E-state index < -0.39 is 0 Å². The molecule has 0 aliphatic carbocycles. The van der Waals surface area contributed by atoms with Crippen LogP contribution in [0.4, 0.5) is 11.4 Å². The maximum atomic E-state index is 6.17. The molecule has 0 heterocycles. The Kier molecular flexibility index (Phi) is 4.86. The van der Waals surface area contributed by atoms with Crippen molar-refractivity contribution in [1.82, 2.24) is 0 Å². The standard InChI is InChI=1S/C14H12BrClN2OS/c1-19-9-3-4-11(16)13(7-9)18-12-5-2-8(15)6-10(12)14(17)20/h2-7,18H,1H3,(H2,17,20). The van der Waals surface area contributed by atoms with Gasteiger partial charge in [0.15, 0.2) is 0 Å². The summed E-state index contributed by atoms with van der Waals surface area (Å²) >= 11 is 14.6. The van der Waals surface area contributed by atoms with Crippen LogP contribution in [-0.4, -0.2) is 12.1 Å². The van der Waals surface area contributed by atoms with E-state index in [1.54, 1.807) is 19.2 Å². The molecule has 0 unspecified atom stereocenters. The zero-order valence-corrected chi connectivity index (χ0v) is 13.8. The zero-order chi connectivity index (χ0) is 14.7. The second-order valence-electron chi connectivity index (χ2n) is 4.02. The summed E-state index contributed by atoms with van der Waals surface area (Å²) in [6.07, 6.45) is 0. The van der Waals surface area contributed by atoms with Crippen LogP contribution < -0.4 is 15.8 Å². The molecule has 0 fully saturated rings. The topological polar surface area (TPSA) is 47.3 Å². The van der Waals surface area contributed by atoms with Gasteiger partial charge in [0.1, 0.15) is 10.7 Å². The lowest BCUT2D eigenvalue weighted by Gasteiger charge is -2.14. The molecule has 0 saturated carbocycles. The smallest absolute Gasteiger partial charge is 0.121 e. The van der Waals surface area contributed by atoms with Crippen molar-refractivity contribution in [2.45, 2.75) is 0 Å². The van der Waals surface area contributed by atoms with E-state index in [0.29, 0.717) is 15.8 Å². The summed E-state index contributed by atoms with van der Waals surface area (Å²) in [5.74, 6) is 0.714. The zero-order valence-electron chi connectivity index (χ0n) is 10.6. The number of hydrogen-bond acceptors (Lipinski definition) is 3. The average Bonchev–Trinajstić information content (AvgIpc) is 2.42. The Morgan fingerprint density at radius 2 is 2.00 bits per heavy atom. The van der Waals surface area contributed by atoms with E-state index in [4.69, 9.17) is 34.3 Å². The monoisotopic (exact) mass is 370 g/mol. The maximum Gasteiger partial charge on any atom is 0.121 e. The van der Waals surface area contributed by atoms with Gasteiger partial charge in [0.2, 0.25) is 0 Å². The van der Waals surface area contributed by atoms with Crippen molar-refractivity contribution in [2.75, 3.05) is 12.4 Å². The van der Waals surface area contributed by atoms with Crippen molar-refractivity contribution in [3.05, 3.63) is 51.5 Å². The first-order valence-corrected chi connectivity index (χ1v) is 7.29. The predicted molar refractivity (Wildman–Crippen MR) is 91.3 cm³/mol. The van der Waals surface area contributed by atoms with Gasteiger partial charge >= 0.3 is 0 Å². The van der Waals surface area contributed by atoms with Crippen LogP contribution in [0.3, 0.4) is 0 Å². The summed E-state index contributed by atoms with van der Waals surface area (Å²) in [4.78, 5) is 0.313. The molecule has 3 nitrogen and oxygen atoms in total. The van der Waals surface area contributed by atoms with Gasteiger partial charge in [0.25, 0.3) is 0 Å². The first kappa shape index (κ1) is 15.1. The Bertz CT molecular complexity index is 664. The minimum Gasteiger partial charge on any atom is -0.497 e. The Hall–Kier alpha value is -1.30. The van der Waals surface area contributed by atoms with Crippen LogP contribution >= 0.6 is 39.7 Å². The average molecular weight is 372 g/mol. The minimum atomic E-state index is 0.313. The lowest BCUT2D eigenvalue weighted by molar-refractivity contribution is 0.415. The van der Waals surface area contributed by atoms with Crippen LogP contribution in [0.5, 0.6) is 5.75 Å². The Morgan fingerprint density at radius 3 is 2.65 bits per heavy atom. The van der Waals surface area contributed by atoms with Gasteiger partial charge in [-0.3, -0.25) is 0 Å². The molecule has 0 saturated heterocycles. The van der Waals surface area contributed by atoms with E-state index in [2.05, 4.69) is 21.2 Å².